The molecule has 150 valence electrons. The number of ether oxygens (including phenoxy) is 1. The molecular weight excluding hydrogens is 366 g/mol. The Kier molecular flexibility index (Phi) is 4.16. The fraction of sp³-hybridized carbons (Fsp3) is 0.417. The van der Waals surface area contributed by atoms with Gasteiger partial charge in [0.25, 0.3) is 0 Å². The molecule has 2 fully saturated rings. The summed E-state index contributed by atoms with van der Waals surface area (Å²) in [6.45, 7) is 3.18. The third-order valence-corrected chi connectivity index (χ3v) is 7.15. The van der Waals surface area contributed by atoms with Gasteiger partial charge in [0.2, 0.25) is 5.91 Å². The second-order valence-electron chi connectivity index (χ2n) is 8.67. The van der Waals surface area contributed by atoms with Crippen molar-refractivity contribution >= 4 is 11.9 Å². The molecule has 2 aromatic rings. The average molecular weight is 391 g/mol. The molecule has 0 radical (unpaired) electrons. The first-order valence-corrected chi connectivity index (χ1v) is 10.3. The van der Waals surface area contributed by atoms with E-state index in [1.54, 1.807) is 0 Å². The van der Waals surface area contributed by atoms with Crippen LogP contribution in [0.1, 0.15) is 36.5 Å². The van der Waals surface area contributed by atoms with Crippen molar-refractivity contribution in [3.63, 3.8) is 0 Å². The zero-order valence-electron chi connectivity index (χ0n) is 16.5. The molecule has 1 N–H and O–H groups in total. The fourth-order valence-corrected chi connectivity index (χ4v) is 6.05. The molecule has 1 aliphatic carbocycles. The van der Waals surface area contributed by atoms with Gasteiger partial charge in [-0.25, -0.2) is 0 Å². The third-order valence-electron chi connectivity index (χ3n) is 7.15. The van der Waals surface area contributed by atoms with E-state index in [2.05, 4.69) is 12.1 Å². The lowest BCUT2D eigenvalue weighted by atomic mass is 9.74. The first-order chi connectivity index (χ1) is 14.0. The number of fused-ring (bicyclic) bond motifs is 1. The van der Waals surface area contributed by atoms with Crippen molar-refractivity contribution in [2.75, 3.05) is 6.54 Å². The van der Waals surface area contributed by atoms with Gasteiger partial charge in [0.1, 0.15) is 12.4 Å². The summed E-state index contributed by atoms with van der Waals surface area (Å²) >= 11 is 0. The number of carboxylic acid groups (broad SMARTS) is 1. The number of amides is 1. The highest BCUT2D eigenvalue weighted by atomic mass is 16.5. The van der Waals surface area contributed by atoms with Crippen LogP contribution in [0.15, 0.2) is 48.5 Å². The average Bonchev–Trinajstić information content (AvgIpc) is 3.14. The second kappa shape index (κ2) is 6.61. The number of carbonyl (C=O) groups excluding carboxylic acids is 1. The van der Waals surface area contributed by atoms with E-state index in [1.165, 1.54) is 5.56 Å². The topological polar surface area (TPSA) is 66.8 Å². The number of hydrogen-bond acceptors (Lipinski definition) is 3. The van der Waals surface area contributed by atoms with Gasteiger partial charge >= 0.3 is 5.97 Å². The van der Waals surface area contributed by atoms with Gasteiger partial charge in [-0.1, -0.05) is 43.3 Å². The van der Waals surface area contributed by atoms with Gasteiger partial charge in [-0.2, -0.15) is 0 Å². The van der Waals surface area contributed by atoms with E-state index in [-0.39, 0.29) is 17.7 Å². The van der Waals surface area contributed by atoms with Crippen molar-refractivity contribution in [1.82, 2.24) is 4.90 Å². The molecule has 4 atom stereocenters. The molecule has 1 spiro atoms. The predicted molar refractivity (Wildman–Crippen MR) is 107 cm³/mol. The summed E-state index contributed by atoms with van der Waals surface area (Å²) in [7, 11) is 0. The molecular formula is C24H25NO4. The first kappa shape index (κ1) is 18.2. The van der Waals surface area contributed by atoms with Gasteiger partial charge in [-0.05, 0) is 47.6 Å². The molecule has 1 saturated carbocycles. The maximum absolute atomic E-state index is 12.7. The Morgan fingerprint density at radius 1 is 1.24 bits per heavy atom. The van der Waals surface area contributed by atoms with Crippen molar-refractivity contribution in [2.45, 2.75) is 38.3 Å². The zero-order chi connectivity index (χ0) is 20.2. The Morgan fingerprint density at radius 2 is 2.03 bits per heavy atom. The van der Waals surface area contributed by atoms with Crippen LogP contribution in [-0.4, -0.2) is 28.4 Å². The van der Waals surface area contributed by atoms with E-state index < -0.39 is 17.4 Å². The second-order valence-corrected chi connectivity index (χ2v) is 8.67. The van der Waals surface area contributed by atoms with E-state index in [1.807, 2.05) is 48.2 Å². The van der Waals surface area contributed by atoms with Crippen molar-refractivity contribution in [3.05, 3.63) is 65.2 Å². The van der Waals surface area contributed by atoms with Crippen LogP contribution in [0.3, 0.4) is 0 Å². The Bertz CT molecular complexity index is 972. The highest BCUT2D eigenvalue weighted by Crippen LogP contribution is 2.60. The molecule has 2 aliphatic heterocycles. The molecule has 5 rings (SSSR count). The van der Waals surface area contributed by atoms with Crippen molar-refractivity contribution in [1.29, 1.82) is 0 Å². The van der Waals surface area contributed by atoms with Crippen LogP contribution >= 0.6 is 0 Å². The number of rotatable bonds is 4. The minimum Gasteiger partial charge on any atom is -0.489 e. The lowest BCUT2D eigenvalue weighted by Crippen LogP contribution is -2.49. The zero-order valence-corrected chi connectivity index (χ0v) is 16.5. The van der Waals surface area contributed by atoms with Crippen LogP contribution in [0.4, 0.5) is 0 Å². The molecule has 2 heterocycles. The monoisotopic (exact) mass is 391 g/mol. The fourth-order valence-electron chi connectivity index (χ4n) is 6.05. The molecule has 1 amide bonds. The van der Waals surface area contributed by atoms with Crippen LogP contribution in [0.2, 0.25) is 0 Å². The lowest BCUT2D eigenvalue weighted by Gasteiger charge is -2.44. The molecule has 0 bridgehead atoms. The first-order valence-electron chi connectivity index (χ1n) is 10.3. The summed E-state index contributed by atoms with van der Waals surface area (Å²) in [5.74, 6) is -0.430. The van der Waals surface area contributed by atoms with Gasteiger partial charge < -0.3 is 14.7 Å². The summed E-state index contributed by atoms with van der Waals surface area (Å²) in [6, 6.07) is 16.2. The van der Waals surface area contributed by atoms with Crippen molar-refractivity contribution < 1.29 is 19.4 Å². The number of carbonyl (C=O) groups is 2. The molecule has 29 heavy (non-hydrogen) atoms. The van der Waals surface area contributed by atoms with Crippen LogP contribution in [0, 0.1) is 17.8 Å². The van der Waals surface area contributed by atoms with E-state index in [0.717, 1.165) is 29.7 Å². The van der Waals surface area contributed by atoms with Gasteiger partial charge in [0, 0.05) is 18.9 Å². The van der Waals surface area contributed by atoms with Crippen LogP contribution in [0.5, 0.6) is 5.75 Å². The van der Waals surface area contributed by atoms with E-state index in [0.29, 0.717) is 19.6 Å². The molecule has 5 nitrogen and oxygen atoms in total. The van der Waals surface area contributed by atoms with Gasteiger partial charge in [-0.3, -0.25) is 9.59 Å². The summed E-state index contributed by atoms with van der Waals surface area (Å²) in [5, 5.41) is 9.82. The Morgan fingerprint density at radius 3 is 2.79 bits per heavy atom. The highest BCUT2D eigenvalue weighted by Gasteiger charge is 2.65. The normalized spacial score (nSPS) is 29.9. The predicted octanol–water partition coefficient (Wildman–Crippen LogP) is 3.61. The number of aliphatic carboxylic acids is 1. The summed E-state index contributed by atoms with van der Waals surface area (Å²) in [6.07, 6.45) is 1.84. The van der Waals surface area contributed by atoms with Crippen molar-refractivity contribution in [3.8, 4) is 5.75 Å². The molecule has 5 heteroatoms. The lowest BCUT2D eigenvalue weighted by molar-refractivity contribution is -0.144. The van der Waals surface area contributed by atoms with E-state index in [4.69, 9.17) is 4.74 Å². The third kappa shape index (κ3) is 2.67. The minimum atomic E-state index is -0.774. The van der Waals surface area contributed by atoms with Crippen LogP contribution < -0.4 is 4.74 Å². The molecule has 2 aromatic carbocycles. The van der Waals surface area contributed by atoms with E-state index in [9.17, 15) is 14.7 Å². The summed E-state index contributed by atoms with van der Waals surface area (Å²) < 4.78 is 6.01. The Labute approximate surface area is 170 Å². The van der Waals surface area contributed by atoms with E-state index >= 15 is 0 Å². The number of carboxylic acids is 1. The number of benzene rings is 2. The van der Waals surface area contributed by atoms with Gasteiger partial charge in [0.05, 0.1) is 11.5 Å². The molecule has 3 aliphatic rings. The standard InChI is InChI=1S/C24H25NO4/c1-15-13-24-19-8-7-18(29-14-16-5-3-2-4-6-16)11-17(19)9-10-25(24)21(26)12-20(24)22(15)23(27)28/h2-8,11,15,20,22H,9-10,12-14H2,1H3,(H,27,28)/t15-,20-,22+,24-/m0/s1. The van der Waals surface area contributed by atoms with Crippen LogP contribution in [0.25, 0.3) is 0 Å². The maximum atomic E-state index is 12.7. The Balaban J connectivity index is 1.49. The number of nitrogens with zero attached hydrogens (tertiary/aromatic N) is 1. The molecule has 0 aromatic heterocycles. The van der Waals surface area contributed by atoms with Gasteiger partial charge in [-0.15, -0.1) is 0 Å². The minimum absolute atomic E-state index is 0.0491. The summed E-state index contributed by atoms with van der Waals surface area (Å²) in [4.78, 5) is 26.7. The Hall–Kier alpha value is -2.82. The molecule has 1 saturated heterocycles. The quantitative estimate of drug-likeness (QED) is 0.865. The highest BCUT2D eigenvalue weighted by molar-refractivity contribution is 5.84. The maximum Gasteiger partial charge on any atom is 0.307 e. The smallest absolute Gasteiger partial charge is 0.307 e. The van der Waals surface area contributed by atoms with Crippen molar-refractivity contribution in [2.24, 2.45) is 17.8 Å². The van der Waals surface area contributed by atoms with Gasteiger partial charge in [0.15, 0.2) is 0 Å². The number of hydrogen-bond donors (Lipinski definition) is 1. The van der Waals surface area contributed by atoms with Crippen LogP contribution in [-0.2, 0) is 28.2 Å². The largest absolute Gasteiger partial charge is 0.489 e. The molecule has 0 unspecified atom stereocenters. The summed E-state index contributed by atoms with van der Waals surface area (Å²) in [5.41, 5.74) is 2.96. The SMILES string of the molecule is C[C@H]1C[C@@]23c4ccc(OCc5ccccc5)cc4CCN2C(=O)C[C@H]3[C@@H]1C(=O)O.